The molecule has 21 heavy (non-hydrogen) atoms. The molecule has 2 N–H and O–H groups in total. The molecule has 7 heteroatoms. The first-order chi connectivity index (χ1) is 9.57. The van der Waals surface area contributed by atoms with Gasteiger partial charge in [-0.1, -0.05) is 12.7 Å². The topological polar surface area (TPSA) is 88.1 Å². The molecule has 1 rings (SSSR count). The van der Waals surface area contributed by atoms with Gasteiger partial charge in [0.25, 0.3) is 0 Å². The Morgan fingerprint density at radius 1 is 1.48 bits per heavy atom. The van der Waals surface area contributed by atoms with Gasteiger partial charge in [-0.25, -0.2) is 9.59 Å². The van der Waals surface area contributed by atoms with Crippen LogP contribution in [0.3, 0.4) is 0 Å². The molecule has 1 aliphatic rings. The number of hydrogen-bond donors (Lipinski definition) is 2. The predicted octanol–water partition coefficient (Wildman–Crippen LogP) is 1.27. The van der Waals surface area contributed by atoms with Gasteiger partial charge in [0.15, 0.2) is 0 Å². The van der Waals surface area contributed by atoms with Crippen LogP contribution >= 0.6 is 0 Å². The smallest absolute Gasteiger partial charge is 0.410 e. The predicted molar refractivity (Wildman–Crippen MR) is 76.9 cm³/mol. The Morgan fingerprint density at radius 2 is 2.05 bits per heavy atom. The number of hydrogen-bond acceptors (Lipinski definition) is 5. The Labute approximate surface area is 124 Å². The normalized spacial score (nSPS) is 18.2. The van der Waals surface area contributed by atoms with E-state index in [-0.39, 0.29) is 19.7 Å². The number of alkyl carbamates (subject to hydrolysis) is 1. The highest BCUT2D eigenvalue weighted by molar-refractivity contribution is 5.70. The minimum Gasteiger partial charge on any atom is -0.445 e. The van der Waals surface area contributed by atoms with E-state index in [1.54, 1.807) is 27.7 Å². The average molecular weight is 300 g/mol. The summed E-state index contributed by atoms with van der Waals surface area (Å²) in [5.41, 5.74) is -1.76. The van der Waals surface area contributed by atoms with Crippen LogP contribution in [0.2, 0.25) is 0 Å². The first-order valence-electron chi connectivity index (χ1n) is 6.82. The van der Waals surface area contributed by atoms with Crippen LogP contribution in [0.25, 0.3) is 0 Å². The Kier molecular flexibility index (Phi) is 5.22. The number of carbonyl (C=O) groups excluding carboxylic acids is 2. The lowest BCUT2D eigenvalue weighted by molar-refractivity contribution is -0.113. The van der Waals surface area contributed by atoms with Crippen LogP contribution in [-0.4, -0.2) is 59.1 Å². The minimum atomic E-state index is -1.18. The molecule has 0 aromatic rings. The van der Waals surface area contributed by atoms with E-state index < -0.39 is 29.4 Å². The van der Waals surface area contributed by atoms with Gasteiger partial charge in [0.2, 0.25) is 0 Å². The second kappa shape index (κ2) is 6.34. The number of rotatable bonds is 4. The van der Waals surface area contributed by atoms with E-state index in [1.807, 2.05) is 0 Å². The Hall–Kier alpha value is -1.76. The fourth-order valence-electron chi connectivity index (χ4n) is 1.83. The van der Waals surface area contributed by atoms with Crippen LogP contribution in [0.4, 0.5) is 9.59 Å². The fraction of sp³-hybridized carbons (Fsp3) is 0.714. The molecule has 0 aromatic heterocycles. The number of carbonyl (C=O) groups is 2. The van der Waals surface area contributed by atoms with Crippen molar-refractivity contribution in [3.63, 3.8) is 0 Å². The molecule has 2 amide bonds. The summed E-state index contributed by atoms with van der Waals surface area (Å²) in [6.07, 6.45) is 0.340. The van der Waals surface area contributed by atoms with Crippen LogP contribution in [0.1, 0.15) is 27.7 Å². The first-order valence-corrected chi connectivity index (χ1v) is 6.82. The summed E-state index contributed by atoms with van der Waals surface area (Å²) in [5, 5.41) is 12.9. The molecular formula is C14H24N2O5. The van der Waals surface area contributed by atoms with Crippen molar-refractivity contribution in [3.05, 3.63) is 12.7 Å². The zero-order valence-corrected chi connectivity index (χ0v) is 13.0. The summed E-state index contributed by atoms with van der Waals surface area (Å²) in [6, 6.07) is -0.548. The van der Waals surface area contributed by atoms with Gasteiger partial charge in [-0.05, 0) is 27.7 Å². The van der Waals surface area contributed by atoms with Gasteiger partial charge in [-0.3, -0.25) is 0 Å². The molecular weight excluding hydrogens is 276 g/mol. The van der Waals surface area contributed by atoms with Crippen molar-refractivity contribution >= 4 is 12.2 Å². The summed E-state index contributed by atoms with van der Waals surface area (Å²) in [5.74, 6) is 0. The van der Waals surface area contributed by atoms with Crippen molar-refractivity contribution in [2.24, 2.45) is 0 Å². The van der Waals surface area contributed by atoms with E-state index in [1.165, 1.54) is 11.0 Å². The summed E-state index contributed by atoms with van der Waals surface area (Å²) in [7, 11) is 0. The highest BCUT2D eigenvalue weighted by atomic mass is 16.6. The molecule has 0 saturated carbocycles. The maximum absolute atomic E-state index is 11.8. The summed E-state index contributed by atoms with van der Waals surface area (Å²) in [4.78, 5) is 24.6. The zero-order chi connectivity index (χ0) is 16.3. The van der Waals surface area contributed by atoms with Crippen LogP contribution < -0.4 is 5.32 Å². The first kappa shape index (κ1) is 17.3. The lowest BCUT2D eigenvalue weighted by atomic mass is 9.87. The van der Waals surface area contributed by atoms with Gasteiger partial charge in [-0.2, -0.15) is 0 Å². The standard InChI is InChI=1S/C14H24N2O5/c1-6-7-20-11(17)15-10(2)14(19)8-16(9-14)12(18)21-13(3,4)5/h6,10,19H,1,7-9H2,2-5H3,(H,15,17). The van der Waals surface area contributed by atoms with Crippen LogP contribution in [0.15, 0.2) is 12.7 Å². The number of β-amino-alcohol motifs (C(OH)–C–C–N with tert-alkyl or cyclic N) is 1. The second-order valence-electron chi connectivity index (χ2n) is 6.19. The Balaban J connectivity index is 2.43. The van der Waals surface area contributed by atoms with E-state index in [2.05, 4.69) is 11.9 Å². The van der Waals surface area contributed by atoms with Gasteiger partial charge in [0, 0.05) is 0 Å². The van der Waals surface area contributed by atoms with Crippen molar-refractivity contribution in [2.45, 2.75) is 44.9 Å². The zero-order valence-electron chi connectivity index (χ0n) is 13.0. The number of likely N-dealkylation sites (tertiary alicyclic amines) is 1. The third kappa shape index (κ3) is 4.93. The van der Waals surface area contributed by atoms with Crippen LogP contribution in [-0.2, 0) is 9.47 Å². The monoisotopic (exact) mass is 300 g/mol. The van der Waals surface area contributed by atoms with Gasteiger partial charge in [0.05, 0.1) is 19.1 Å². The van der Waals surface area contributed by atoms with E-state index in [4.69, 9.17) is 9.47 Å². The maximum Gasteiger partial charge on any atom is 0.410 e. The average Bonchev–Trinajstić information content (AvgIpc) is 2.29. The largest absolute Gasteiger partial charge is 0.445 e. The number of nitrogens with zero attached hydrogens (tertiary/aromatic N) is 1. The van der Waals surface area contributed by atoms with Gasteiger partial charge >= 0.3 is 12.2 Å². The lowest BCUT2D eigenvalue weighted by Crippen LogP contribution is -2.71. The highest BCUT2D eigenvalue weighted by Gasteiger charge is 2.49. The molecule has 1 saturated heterocycles. The van der Waals surface area contributed by atoms with Gasteiger partial charge in [-0.15, -0.1) is 0 Å². The number of ether oxygens (including phenoxy) is 2. The molecule has 0 bridgehead atoms. The molecule has 1 atom stereocenters. The van der Waals surface area contributed by atoms with Crippen molar-refractivity contribution in [1.29, 1.82) is 0 Å². The van der Waals surface area contributed by atoms with E-state index in [9.17, 15) is 14.7 Å². The molecule has 1 aliphatic heterocycles. The lowest BCUT2D eigenvalue weighted by Gasteiger charge is -2.49. The van der Waals surface area contributed by atoms with Crippen molar-refractivity contribution in [1.82, 2.24) is 10.2 Å². The minimum absolute atomic E-state index is 0.0982. The quantitative estimate of drug-likeness (QED) is 0.763. The summed E-state index contributed by atoms with van der Waals surface area (Å²) in [6.45, 7) is 10.7. The van der Waals surface area contributed by atoms with Gasteiger partial charge < -0.3 is 24.8 Å². The number of nitrogens with one attached hydrogen (secondary N) is 1. The molecule has 0 aromatic carbocycles. The molecule has 0 aliphatic carbocycles. The Bertz CT molecular complexity index is 410. The number of aliphatic hydroxyl groups is 1. The van der Waals surface area contributed by atoms with E-state index in [0.717, 1.165) is 0 Å². The molecule has 1 unspecified atom stereocenters. The second-order valence-corrected chi connectivity index (χ2v) is 6.19. The molecule has 1 fully saturated rings. The van der Waals surface area contributed by atoms with Crippen LogP contribution in [0.5, 0.6) is 0 Å². The summed E-state index contributed by atoms with van der Waals surface area (Å²) < 4.78 is 9.98. The highest BCUT2D eigenvalue weighted by Crippen LogP contribution is 2.26. The SMILES string of the molecule is C=CCOC(=O)NC(C)C1(O)CN(C(=O)OC(C)(C)C)C1. The molecule has 0 radical (unpaired) electrons. The molecule has 7 nitrogen and oxygen atoms in total. The summed E-state index contributed by atoms with van der Waals surface area (Å²) >= 11 is 0. The third-order valence-electron chi connectivity index (χ3n) is 3.05. The van der Waals surface area contributed by atoms with Crippen LogP contribution in [0, 0.1) is 0 Å². The molecule has 1 heterocycles. The van der Waals surface area contributed by atoms with Gasteiger partial charge in [0.1, 0.15) is 17.8 Å². The van der Waals surface area contributed by atoms with E-state index >= 15 is 0 Å². The molecule has 0 spiro atoms. The maximum atomic E-state index is 11.8. The van der Waals surface area contributed by atoms with Crippen molar-refractivity contribution in [2.75, 3.05) is 19.7 Å². The fourth-order valence-corrected chi connectivity index (χ4v) is 1.83. The molecule has 120 valence electrons. The van der Waals surface area contributed by atoms with Crippen molar-refractivity contribution < 1.29 is 24.2 Å². The Morgan fingerprint density at radius 3 is 2.52 bits per heavy atom. The third-order valence-corrected chi connectivity index (χ3v) is 3.05. The number of amides is 2. The van der Waals surface area contributed by atoms with E-state index in [0.29, 0.717) is 0 Å². The van der Waals surface area contributed by atoms with Crippen molar-refractivity contribution in [3.8, 4) is 0 Å².